The minimum Gasteiger partial charge on any atom is -0.475 e. The molecule has 0 atom stereocenters. The number of carboxylic acids is 1. The predicted molar refractivity (Wildman–Crippen MR) is 118 cm³/mol. The van der Waals surface area contributed by atoms with Crippen LogP contribution in [0.15, 0.2) is 47.1 Å². The smallest absolute Gasteiger partial charge is 0.475 e. The molecule has 0 unspecified atom stereocenters. The molecule has 0 radical (unpaired) electrons. The van der Waals surface area contributed by atoms with Gasteiger partial charge in [-0.3, -0.25) is 4.79 Å². The number of halogens is 4. The molecular weight excluding hydrogens is 509 g/mol. The zero-order chi connectivity index (χ0) is 24.0. The molecule has 3 N–H and O–H groups in total. The van der Waals surface area contributed by atoms with E-state index in [1.807, 2.05) is 30.3 Å². The minimum absolute atomic E-state index is 0.209. The highest BCUT2D eigenvalue weighted by molar-refractivity contribution is 9.10. The number of aromatic nitrogens is 3. The summed E-state index contributed by atoms with van der Waals surface area (Å²) >= 11 is 3.45. The highest BCUT2D eigenvalue weighted by atomic mass is 79.9. The number of fused-ring (bicyclic) bond motifs is 1. The van der Waals surface area contributed by atoms with Crippen LogP contribution in [0, 0.1) is 0 Å². The molecule has 1 amide bonds. The fraction of sp³-hybridized carbons (Fsp3) is 0.300. The SMILES string of the molecule is O=C(Nc1ccccc1Br)c1ccc2cnc(N3CCCNCC3)nn12.O=C(O)C(F)(F)F. The van der Waals surface area contributed by atoms with Gasteiger partial charge in [-0.05, 0) is 53.2 Å². The van der Waals surface area contributed by atoms with Gasteiger partial charge in [0.2, 0.25) is 5.95 Å². The van der Waals surface area contributed by atoms with Gasteiger partial charge in [-0.2, -0.15) is 13.2 Å². The van der Waals surface area contributed by atoms with Crippen molar-refractivity contribution in [3.63, 3.8) is 0 Å². The number of anilines is 2. The largest absolute Gasteiger partial charge is 0.490 e. The maximum absolute atomic E-state index is 12.7. The number of benzene rings is 1. The Morgan fingerprint density at radius 2 is 1.85 bits per heavy atom. The summed E-state index contributed by atoms with van der Waals surface area (Å²) < 4.78 is 34.2. The molecule has 0 saturated carbocycles. The second-order valence-corrected chi connectivity index (χ2v) is 7.80. The van der Waals surface area contributed by atoms with Gasteiger partial charge in [0.25, 0.3) is 5.91 Å². The van der Waals surface area contributed by atoms with Crippen molar-refractivity contribution in [3.8, 4) is 0 Å². The molecule has 2 aromatic heterocycles. The molecular formula is C20H20BrF3N6O3. The van der Waals surface area contributed by atoms with Crippen molar-refractivity contribution in [1.82, 2.24) is 19.9 Å². The van der Waals surface area contributed by atoms with Crippen LogP contribution in [0.2, 0.25) is 0 Å². The zero-order valence-electron chi connectivity index (χ0n) is 17.1. The van der Waals surface area contributed by atoms with Crippen LogP contribution in [-0.4, -0.2) is 63.9 Å². The van der Waals surface area contributed by atoms with E-state index >= 15 is 0 Å². The first-order valence-corrected chi connectivity index (χ1v) is 10.6. The number of amides is 1. The molecule has 1 saturated heterocycles. The van der Waals surface area contributed by atoms with Crippen molar-refractivity contribution in [2.75, 3.05) is 36.4 Å². The molecule has 1 aliphatic heterocycles. The molecule has 176 valence electrons. The van der Waals surface area contributed by atoms with Gasteiger partial charge < -0.3 is 20.6 Å². The fourth-order valence-corrected chi connectivity index (χ4v) is 3.39. The van der Waals surface area contributed by atoms with E-state index in [-0.39, 0.29) is 5.91 Å². The summed E-state index contributed by atoms with van der Waals surface area (Å²) in [5.41, 5.74) is 1.99. The van der Waals surface area contributed by atoms with E-state index in [1.54, 1.807) is 16.8 Å². The second kappa shape index (κ2) is 10.6. The average molecular weight is 529 g/mol. The quantitative estimate of drug-likeness (QED) is 0.478. The van der Waals surface area contributed by atoms with E-state index in [1.165, 1.54) is 0 Å². The third-order valence-electron chi connectivity index (χ3n) is 4.61. The van der Waals surface area contributed by atoms with Gasteiger partial charge in [0.15, 0.2) is 0 Å². The van der Waals surface area contributed by atoms with Crippen molar-refractivity contribution in [1.29, 1.82) is 0 Å². The van der Waals surface area contributed by atoms with Crippen LogP contribution in [0.5, 0.6) is 0 Å². The number of para-hydroxylation sites is 1. The second-order valence-electron chi connectivity index (χ2n) is 6.94. The Labute approximate surface area is 194 Å². The van der Waals surface area contributed by atoms with Gasteiger partial charge in [0, 0.05) is 24.1 Å². The number of carboxylic acid groups (broad SMARTS) is 1. The molecule has 0 bridgehead atoms. The molecule has 13 heteroatoms. The van der Waals surface area contributed by atoms with Gasteiger partial charge in [-0.25, -0.2) is 14.3 Å². The van der Waals surface area contributed by atoms with Crippen molar-refractivity contribution in [3.05, 3.63) is 52.8 Å². The van der Waals surface area contributed by atoms with E-state index < -0.39 is 12.1 Å². The summed E-state index contributed by atoms with van der Waals surface area (Å²) in [7, 11) is 0. The maximum Gasteiger partial charge on any atom is 0.490 e. The van der Waals surface area contributed by atoms with Crippen LogP contribution < -0.4 is 15.5 Å². The van der Waals surface area contributed by atoms with Crippen LogP contribution in [0.25, 0.3) is 5.52 Å². The Morgan fingerprint density at radius 1 is 1.12 bits per heavy atom. The monoisotopic (exact) mass is 528 g/mol. The van der Waals surface area contributed by atoms with E-state index in [0.29, 0.717) is 11.6 Å². The van der Waals surface area contributed by atoms with E-state index in [0.717, 1.165) is 48.3 Å². The van der Waals surface area contributed by atoms with Crippen LogP contribution in [-0.2, 0) is 4.79 Å². The Morgan fingerprint density at radius 3 is 2.55 bits per heavy atom. The van der Waals surface area contributed by atoms with Crippen molar-refractivity contribution >= 4 is 45.0 Å². The standard InChI is InChI=1S/C18H19BrN6O.C2HF3O2/c19-14-4-1-2-5-15(14)22-17(26)16-7-6-13-12-21-18(23-25(13)16)24-10-3-8-20-9-11-24;3-2(4,5)1(6)7/h1-2,4-7,12,20H,3,8-11H2,(H,22,26);(H,6,7). The van der Waals surface area contributed by atoms with E-state index in [9.17, 15) is 18.0 Å². The Bertz CT molecular complexity index is 1130. The summed E-state index contributed by atoms with van der Waals surface area (Å²) in [6.07, 6.45) is -2.28. The fourth-order valence-electron chi connectivity index (χ4n) is 3.00. The summed E-state index contributed by atoms with van der Waals surface area (Å²) in [5, 5.41) is 18.0. The number of hydrogen-bond donors (Lipinski definition) is 3. The number of carbonyl (C=O) groups is 2. The molecule has 1 aliphatic rings. The number of nitrogens with zero attached hydrogens (tertiary/aromatic N) is 4. The number of alkyl halides is 3. The zero-order valence-corrected chi connectivity index (χ0v) is 18.7. The Balaban J connectivity index is 0.000000383. The lowest BCUT2D eigenvalue weighted by Gasteiger charge is -2.19. The highest BCUT2D eigenvalue weighted by Crippen LogP contribution is 2.22. The van der Waals surface area contributed by atoms with Crippen LogP contribution in [0.4, 0.5) is 24.8 Å². The minimum atomic E-state index is -5.08. The van der Waals surface area contributed by atoms with Crippen LogP contribution in [0.1, 0.15) is 16.9 Å². The number of nitrogens with one attached hydrogen (secondary N) is 2. The molecule has 33 heavy (non-hydrogen) atoms. The van der Waals surface area contributed by atoms with Crippen molar-refractivity contribution in [2.24, 2.45) is 0 Å². The molecule has 3 aromatic rings. The topological polar surface area (TPSA) is 112 Å². The van der Waals surface area contributed by atoms with Gasteiger partial charge in [-0.1, -0.05) is 12.1 Å². The third-order valence-corrected chi connectivity index (χ3v) is 5.30. The van der Waals surface area contributed by atoms with Gasteiger partial charge >= 0.3 is 12.1 Å². The predicted octanol–water partition coefficient (Wildman–Crippen LogP) is 3.18. The normalized spacial score (nSPS) is 14.2. The Hall–Kier alpha value is -3.19. The van der Waals surface area contributed by atoms with Gasteiger partial charge in [-0.15, -0.1) is 5.10 Å². The van der Waals surface area contributed by atoms with Gasteiger partial charge in [0.1, 0.15) is 5.69 Å². The van der Waals surface area contributed by atoms with Crippen LogP contribution in [0.3, 0.4) is 0 Å². The average Bonchev–Trinajstić information content (AvgIpc) is 3.00. The molecule has 3 heterocycles. The van der Waals surface area contributed by atoms with E-state index in [2.05, 4.69) is 41.5 Å². The molecule has 9 nitrogen and oxygen atoms in total. The van der Waals surface area contributed by atoms with Crippen molar-refractivity contribution in [2.45, 2.75) is 12.6 Å². The van der Waals surface area contributed by atoms with Crippen molar-refractivity contribution < 1.29 is 27.9 Å². The Kier molecular flexibility index (Phi) is 7.87. The lowest BCUT2D eigenvalue weighted by Crippen LogP contribution is -2.30. The van der Waals surface area contributed by atoms with Crippen LogP contribution >= 0.6 is 15.9 Å². The van der Waals surface area contributed by atoms with E-state index in [4.69, 9.17) is 9.90 Å². The lowest BCUT2D eigenvalue weighted by molar-refractivity contribution is -0.192. The molecule has 0 aliphatic carbocycles. The highest BCUT2D eigenvalue weighted by Gasteiger charge is 2.38. The maximum atomic E-state index is 12.7. The molecule has 1 fully saturated rings. The summed E-state index contributed by atoms with van der Waals surface area (Å²) in [4.78, 5) is 28.3. The summed E-state index contributed by atoms with van der Waals surface area (Å²) in [5.74, 6) is -2.32. The lowest BCUT2D eigenvalue weighted by atomic mass is 10.3. The summed E-state index contributed by atoms with van der Waals surface area (Å²) in [6.45, 7) is 3.66. The number of hydrogen-bond acceptors (Lipinski definition) is 6. The molecule has 4 rings (SSSR count). The first kappa shape index (κ1) is 24.5. The number of rotatable bonds is 3. The first-order chi connectivity index (χ1) is 15.7. The van der Waals surface area contributed by atoms with Gasteiger partial charge in [0.05, 0.1) is 17.4 Å². The first-order valence-electron chi connectivity index (χ1n) is 9.83. The number of carbonyl (C=O) groups excluding carboxylic acids is 1. The third kappa shape index (κ3) is 6.42. The molecule has 1 aromatic carbocycles. The number of aliphatic carboxylic acids is 1. The summed E-state index contributed by atoms with van der Waals surface area (Å²) in [6, 6.07) is 11.1. The molecule has 0 spiro atoms.